The number of carbonyl (C=O) groups is 2. The molecule has 0 spiro atoms. The highest BCUT2D eigenvalue weighted by Crippen LogP contribution is 2.12. The van der Waals surface area contributed by atoms with Crippen LogP contribution in [-0.4, -0.2) is 29.6 Å². The van der Waals surface area contributed by atoms with Crippen LogP contribution in [0.25, 0.3) is 11.1 Å². The van der Waals surface area contributed by atoms with Crippen molar-refractivity contribution in [3.8, 4) is 6.07 Å². The lowest BCUT2D eigenvalue weighted by atomic mass is 10.3. The Kier molecular flexibility index (Phi) is 5.52. The summed E-state index contributed by atoms with van der Waals surface area (Å²) in [6.07, 6.45) is 0.130. The smallest absolute Gasteiger partial charge is 0.419 e. The van der Waals surface area contributed by atoms with Crippen LogP contribution < -0.4 is 11.1 Å². The fraction of sp³-hybridized carbons (Fsp3) is 0.333. The van der Waals surface area contributed by atoms with E-state index < -0.39 is 24.2 Å². The first-order valence-electron chi connectivity index (χ1n) is 6.99. The lowest BCUT2D eigenvalue weighted by Crippen LogP contribution is -2.29. The fourth-order valence-electron chi connectivity index (χ4n) is 1.96. The average Bonchev–Trinajstić information content (AvgIpc) is 2.86. The Bertz CT molecular complexity index is 799. The third-order valence-electron chi connectivity index (χ3n) is 3.04. The molecule has 0 atom stereocenters. The molecule has 23 heavy (non-hydrogen) atoms. The molecule has 0 saturated carbocycles. The lowest BCUT2D eigenvalue weighted by Gasteiger charge is -2.05. The third-order valence-corrected chi connectivity index (χ3v) is 3.04. The molecule has 0 unspecified atom stereocenters. The van der Waals surface area contributed by atoms with Gasteiger partial charge in [-0.25, -0.2) is 4.79 Å². The minimum Gasteiger partial charge on any atom is -0.456 e. The van der Waals surface area contributed by atoms with Crippen LogP contribution in [0.3, 0.4) is 0 Å². The van der Waals surface area contributed by atoms with Gasteiger partial charge in [0.2, 0.25) is 0 Å². The molecule has 1 heterocycles. The van der Waals surface area contributed by atoms with Crippen molar-refractivity contribution < 1.29 is 18.7 Å². The number of oxazole rings is 1. The van der Waals surface area contributed by atoms with Gasteiger partial charge in [0.25, 0.3) is 5.91 Å². The lowest BCUT2D eigenvalue weighted by molar-refractivity contribution is -0.148. The number of fused-ring (bicyclic) bond motifs is 1. The maximum absolute atomic E-state index is 11.7. The number of para-hydroxylation sites is 2. The van der Waals surface area contributed by atoms with E-state index in [1.165, 1.54) is 4.57 Å². The highest BCUT2D eigenvalue weighted by Gasteiger charge is 2.12. The van der Waals surface area contributed by atoms with Crippen molar-refractivity contribution in [3.05, 3.63) is 34.8 Å². The summed E-state index contributed by atoms with van der Waals surface area (Å²) in [4.78, 5) is 34.7. The van der Waals surface area contributed by atoms with Gasteiger partial charge in [-0.15, -0.1) is 0 Å². The molecule has 0 aliphatic heterocycles. The van der Waals surface area contributed by atoms with Crippen molar-refractivity contribution >= 4 is 23.0 Å². The molecule has 0 radical (unpaired) electrons. The van der Waals surface area contributed by atoms with Crippen LogP contribution >= 0.6 is 0 Å². The predicted molar refractivity (Wildman–Crippen MR) is 79.3 cm³/mol. The Balaban J connectivity index is 1.82. The van der Waals surface area contributed by atoms with E-state index in [0.29, 0.717) is 11.1 Å². The minimum absolute atomic E-state index is 0.0606. The first kappa shape index (κ1) is 16.3. The van der Waals surface area contributed by atoms with Gasteiger partial charge in [0.15, 0.2) is 12.2 Å². The van der Waals surface area contributed by atoms with Gasteiger partial charge in [-0.1, -0.05) is 12.1 Å². The third kappa shape index (κ3) is 4.44. The standard InChI is InChI=1S/C15H15N3O5/c16-7-3-8-17-13(19)10-22-14(20)6-9-18-11-4-1-2-5-12(11)23-15(18)21/h1-2,4-5H,3,6,8-10H2,(H,17,19). The average molecular weight is 317 g/mol. The number of aryl methyl sites for hydroxylation is 1. The second-order valence-electron chi connectivity index (χ2n) is 4.66. The number of hydrogen-bond donors (Lipinski definition) is 1. The molecular weight excluding hydrogens is 302 g/mol. The molecule has 0 aliphatic carbocycles. The van der Waals surface area contributed by atoms with Crippen molar-refractivity contribution in [2.45, 2.75) is 19.4 Å². The summed E-state index contributed by atoms with van der Waals surface area (Å²) in [6, 6.07) is 8.77. The molecule has 0 aliphatic rings. The number of carbonyl (C=O) groups excluding carboxylic acids is 2. The first-order valence-corrected chi connectivity index (χ1v) is 6.99. The number of esters is 1. The Hall–Kier alpha value is -3.08. The number of amides is 1. The van der Waals surface area contributed by atoms with E-state index in [1.54, 1.807) is 24.3 Å². The second-order valence-corrected chi connectivity index (χ2v) is 4.66. The quantitative estimate of drug-likeness (QED) is 0.589. The normalized spacial score (nSPS) is 10.2. The molecule has 0 fully saturated rings. The Morgan fingerprint density at radius 2 is 2.13 bits per heavy atom. The Morgan fingerprint density at radius 1 is 1.35 bits per heavy atom. The number of rotatable bonds is 7. The number of aromatic nitrogens is 1. The van der Waals surface area contributed by atoms with E-state index in [1.807, 2.05) is 6.07 Å². The van der Waals surface area contributed by atoms with Gasteiger partial charge in [-0.05, 0) is 12.1 Å². The van der Waals surface area contributed by atoms with Gasteiger partial charge in [-0.2, -0.15) is 5.26 Å². The Morgan fingerprint density at radius 3 is 2.91 bits per heavy atom. The van der Waals surface area contributed by atoms with Crippen LogP contribution in [0, 0.1) is 11.3 Å². The number of hydrogen-bond acceptors (Lipinski definition) is 6. The van der Waals surface area contributed by atoms with Crippen molar-refractivity contribution in [3.63, 3.8) is 0 Å². The summed E-state index contributed by atoms with van der Waals surface area (Å²) < 4.78 is 11.2. The van der Waals surface area contributed by atoms with Gasteiger partial charge >= 0.3 is 11.7 Å². The SMILES string of the molecule is N#CCCNC(=O)COC(=O)CCn1c(=O)oc2ccccc21. The van der Waals surface area contributed by atoms with Crippen LogP contribution in [0.4, 0.5) is 0 Å². The molecule has 1 aromatic carbocycles. The molecular formula is C15H15N3O5. The molecule has 0 bridgehead atoms. The van der Waals surface area contributed by atoms with Gasteiger partial charge in [0.05, 0.1) is 24.4 Å². The van der Waals surface area contributed by atoms with E-state index in [4.69, 9.17) is 14.4 Å². The van der Waals surface area contributed by atoms with E-state index in [2.05, 4.69) is 5.32 Å². The highest BCUT2D eigenvalue weighted by molar-refractivity contribution is 5.80. The summed E-state index contributed by atoms with van der Waals surface area (Å²) in [5.41, 5.74) is 1.04. The maximum Gasteiger partial charge on any atom is 0.419 e. The Labute approximate surface area is 131 Å². The van der Waals surface area contributed by atoms with Crippen molar-refractivity contribution in [2.75, 3.05) is 13.2 Å². The van der Waals surface area contributed by atoms with Crippen LogP contribution in [0.5, 0.6) is 0 Å². The zero-order valence-electron chi connectivity index (χ0n) is 12.3. The fourth-order valence-corrected chi connectivity index (χ4v) is 1.96. The van der Waals surface area contributed by atoms with Crippen LogP contribution in [-0.2, 0) is 20.9 Å². The molecule has 0 saturated heterocycles. The summed E-state index contributed by atoms with van der Waals surface area (Å²) in [5, 5.41) is 10.8. The molecule has 2 rings (SSSR count). The van der Waals surface area contributed by atoms with E-state index >= 15 is 0 Å². The monoisotopic (exact) mass is 317 g/mol. The van der Waals surface area contributed by atoms with E-state index in [0.717, 1.165) is 0 Å². The molecule has 120 valence electrons. The summed E-state index contributed by atoms with van der Waals surface area (Å²) in [6.45, 7) is -0.0979. The van der Waals surface area contributed by atoms with Crippen molar-refractivity contribution in [1.82, 2.24) is 9.88 Å². The van der Waals surface area contributed by atoms with E-state index in [9.17, 15) is 14.4 Å². The molecule has 8 nitrogen and oxygen atoms in total. The zero-order valence-corrected chi connectivity index (χ0v) is 12.3. The van der Waals surface area contributed by atoms with E-state index in [-0.39, 0.29) is 25.9 Å². The number of nitrogens with one attached hydrogen (secondary N) is 1. The largest absolute Gasteiger partial charge is 0.456 e. The van der Waals surface area contributed by atoms with Gasteiger partial charge in [0.1, 0.15) is 0 Å². The summed E-state index contributed by atoms with van der Waals surface area (Å²) in [5.74, 6) is -1.62. The molecule has 1 aromatic heterocycles. The van der Waals surface area contributed by atoms with Gasteiger partial charge in [0, 0.05) is 13.1 Å². The molecule has 1 N–H and O–H groups in total. The molecule has 2 aromatic rings. The van der Waals surface area contributed by atoms with Gasteiger partial charge in [-0.3, -0.25) is 14.2 Å². The van der Waals surface area contributed by atoms with Gasteiger partial charge < -0.3 is 14.5 Å². The van der Waals surface area contributed by atoms with Crippen molar-refractivity contribution in [2.24, 2.45) is 0 Å². The number of nitriles is 1. The highest BCUT2D eigenvalue weighted by atomic mass is 16.5. The maximum atomic E-state index is 11.7. The zero-order chi connectivity index (χ0) is 16.7. The molecule has 1 amide bonds. The number of benzene rings is 1. The topological polar surface area (TPSA) is 114 Å². The number of nitrogens with zero attached hydrogens (tertiary/aromatic N) is 2. The first-order chi connectivity index (χ1) is 11.1. The second kappa shape index (κ2) is 7.79. The van der Waals surface area contributed by atoms with Crippen LogP contribution in [0.2, 0.25) is 0 Å². The molecule has 8 heteroatoms. The minimum atomic E-state index is -0.599. The van der Waals surface area contributed by atoms with Crippen molar-refractivity contribution in [1.29, 1.82) is 5.26 Å². The summed E-state index contributed by atoms with van der Waals surface area (Å²) >= 11 is 0. The summed E-state index contributed by atoms with van der Waals surface area (Å²) in [7, 11) is 0. The predicted octanol–water partition coefficient (Wildman–Crippen LogP) is 0.558. The van der Waals surface area contributed by atoms with Crippen LogP contribution in [0.15, 0.2) is 33.5 Å². The van der Waals surface area contributed by atoms with Crippen LogP contribution in [0.1, 0.15) is 12.8 Å². The number of ether oxygens (including phenoxy) is 1.